The molecule has 3 aromatic heterocycles. The number of rotatable bonds is 5. The molecule has 0 spiro atoms. The lowest BCUT2D eigenvalue weighted by Crippen LogP contribution is -2.50. The molecule has 1 saturated heterocycles. The van der Waals surface area contributed by atoms with Crippen LogP contribution in [0.4, 0.5) is 5.82 Å². The maximum Gasteiger partial charge on any atom is 0.254 e. The third kappa shape index (κ3) is 4.76. The Bertz CT molecular complexity index is 1090. The molecule has 0 unspecified atom stereocenters. The van der Waals surface area contributed by atoms with Crippen LogP contribution in [0.5, 0.6) is 0 Å². The molecule has 4 heterocycles. The fourth-order valence-corrected chi connectivity index (χ4v) is 3.45. The molecular formula is C22H25N7O2. The Morgan fingerprint density at radius 1 is 1.00 bits per heavy atom. The molecule has 0 bridgehead atoms. The van der Waals surface area contributed by atoms with E-state index in [9.17, 15) is 9.59 Å². The zero-order valence-corrected chi connectivity index (χ0v) is 17.7. The summed E-state index contributed by atoms with van der Waals surface area (Å²) < 4.78 is 1.36. The van der Waals surface area contributed by atoms with E-state index in [1.165, 1.54) is 17.0 Å². The van der Waals surface area contributed by atoms with Gasteiger partial charge in [0.2, 0.25) is 5.91 Å². The first-order valence-corrected chi connectivity index (χ1v) is 10.4. The molecule has 0 N–H and O–H groups in total. The average molecular weight is 419 g/mol. The number of piperazine rings is 1. The van der Waals surface area contributed by atoms with E-state index in [-0.39, 0.29) is 23.9 Å². The summed E-state index contributed by atoms with van der Waals surface area (Å²) in [6, 6.07) is 11.0. The molecule has 1 amide bonds. The van der Waals surface area contributed by atoms with Crippen LogP contribution >= 0.6 is 0 Å². The van der Waals surface area contributed by atoms with E-state index in [4.69, 9.17) is 0 Å². The Balaban J connectivity index is 1.34. The second-order valence-electron chi connectivity index (χ2n) is 7.79. The van der Waals surface area contributed by atoms with E-state index >= 15 is 0 Å². The molecule has 3 aromatic rings. The van der Waals surface area contributed by atoms with Gasteiger partial charge in [-0.05, 0) is 30.2 Å². The summed E-state index contributed by atoms with van der Waals surface area (Å²) in [6.07, 6.45) is 3.19. The predicted molar refractivity (Wildman–Crippen MR) is 117 cm³/mol. The van der Waals surface area contributed by atoms with Crippen molar-refractivity contribution in [2.24, 2.45) is 0 Å². The Kier molecular flexibility index (Phi) is 6.01. The van der Waals surface area contributed by atoms with E-state index in [0.717, 1.165) is 22.9 Å². The lowest BCUT2D eigenvalue weighted by Gasteiger charge is -2.35. The van der Waals surface area contributed by atoms with Crippen molar-refractivity contribution in [2.45, 2.75) is 26.3 Å². The highest BCUT2D eigenvalue weighted by molar-refractivity contribution is 5.76. The van der Waals surface area contributed by atoms with E-state index in [0.29, 0.717) is 26.2 Å². The van der Waals surface area contributed by atoms with Crippen molar-refractivity contribution in [3.05, 3.63) is 65.0 Å². The number of nitrogens with zero attached hydrogens (tertiary/aromatic N) is 7. The Morgan fingerprint density at radius 2 is 1.81 bits per heavy atom. The Morgan fingerprint density at radius 3 is 2.42 bits per heavy atom. The quantitative estimate of drug-likeness (QED) is 0.619. The minimum Gasteiger partial charge on any atom is -0.352 e. The second kappa shape index (κ2) is 9.03. The van der Waals surface area contributed by atoms with Gasteiger partial charge in [-0.25, -0.2) is 4.98 Å². The fraction of sp³-hybridized carbons (Fsp3) is 0.364. The van der Waals surface area contributed by atoms with Crippen molar-refractivity contribution in [3.63, 3.8) is 0 Å². The van der Waals surface area contributed by atoms with Gasteiger partial charge in [-0.2, -0.15) is 0 Å². The zero-order valence-electron chi connectivity index (χ0n) is 17.7. The van der Waals surface area contributed by atoms with Crippen LogP contribution in [0.3, 0.4) is 0 Å². The van der Waals surface area contributed by atoms with Crippen LogP contribution in [0.25, 0.3) is 11.4 Å². The van der Waals surface area contributed by atoms with Gasteiger partial charge in [0.1, 0.15) is 12.2 Å². The number of anilines is 1. The highest BCUT2D eigenvalue weighted by atomic mass is 16.2. The topological polar surface area (TPSA) is 97.1 Å². The minimum atomic E-state index is -0.200. The van der Waals surface area contributed by atoms with Crippen LogP contribution < -0.4 is 10.5 Å². The Labute approximate surface area is 180 Å². The first-order valence-electron chi connectivity index (χ1n) is 10.4. The van der Waals surface area contributed by atoms with Crippen LogP contribution in [0.1, 0.15) is 25.5 Å². The summed E-state index contributed by atoms with van der Waals surface area (Å²) in [7, 11) is 0. The molecule has 1 fully saturated rings. The number of carbonyl (C=O) groups is 1. The predicted octanol–water partition coefficient (Wildman–Crippen LogP) is 1.57. The van der Waals surface area contributed by atoms with Crippen LogP contribution in [-0.4, -0.2) is 61.7 Å². The summed E-state index contributed by atoms with van der Waals surface area (Å²) in [5, 5.41) is 8.61. The first-order chi connectivity index (χ1) is 15.0. The van der Waals surface area contributed by atoms with Gasteiger partial charge in [-0.3, -0.25) is 19.1 Å². The normalized spacial score (nSPS) is 14.2. The molecule has 0 saturated carbocycles. The maximum absolute atomic E-state index is 12.7. The van der Waals surface area contributed by atoms with E-state index in [1.807, 2.05) is 44.2 Å². The van der Waals surface area contributed by atoms with Crippen molar-refractivity contribution in [1.82, 2.24) is 29.6 Å². The SMILES string of the molecule is CC(C)c1cc(=O)n(CC(=O)N2CCN(c3ccc(-c4ccccn4)nn3)CC2)cn1. The third-order valence-electron chi connectivity index (χ3n) is 5.33. The van der Waals surface area contributed by atoms with Crippen molar-refractivity contribution in [1.29, 1.82) is 0 Å². The smallest absolute Gasteiger partial charge is 0.254 e. The van der Waals surface area contributed by atoms with E-state index in [1.54, 1.807) is 11.1 Å². The lowest BCUT2D eigenvalue weighted by molar-refractivity contribution is -0.132. The summed E-state index contributed by atoms with van der Waals surface area (Å²) in [6.45, 7) is 6.40. The van der Waals surface area contributed by atoms with E-state index in [2.05, 4.69) is 25.1 Å². The molecule has 1 aliphatic rings. The van der Waals surface area contributed by atoms with Crippen LogP contribution in [-0.2, 0) is 11.3 Å². The molecule has 0 atom stereocenters. The molecule has 0 aromatic carbocycles. The number of hydrogen-bond donors (Lipinski definition) is 0. The number of amides is 1. The van der Waals surface area contributed by atoms with Crippen molar-refractivity contribution in [3.8, 4) is 11.4 Å². The monoisotopic (exact) mass is 419 g/mol. The molecule has 4 rings (SSSR count). The van der Waals surface area contributed by atoms with Crippen molar-refractivity contribution >= 4 is 11.7 Å². The van der Waals surface area contributed by atoms with Crippen LogP contribution in [0.15, 0.2) is 53.7 Å². The van der Waals surface area contributed by atoms with Crippen LogP contribution in [0.2, 0.25) is 0 Å². The van der Waals surface area contributed by atoms with Gasteiger partial charge < -0.3 is 9.80 Å². The largest absolute Gasteiger partial charge is 0.352 e. The highest BCUT2D eigenvalue weighted by Gasteiger charge is 2.22. The molecule has 9 nitrogen and oxygen atoms in total. The number of aromatic nitrogens is 5. The second-order valence-corrected chi connectivity index (χ2v) is 7.79. The summed E-state index contributed by atoms with van der Waals surface area (Å²) in [5.74, 6) is 0.862. The number of hydrogen-bond acceptors (Lipinski definition) is 7. The molecule has 160 valence electrons. The van der Waals surface area contributed by atoms with Crippen molar-refractivity contribution in [2.75, 3.05) is 31.1 Å². The average Bonchev–Trinajstić information content (AvgIpc) is 2.81. The summed E-state index contributed by atoms with van der Waals surface area (Å²) in [4.78, 5) is 37.4. The van der Waals surface area contributed by atoms with Gasteiger partial charge in [0, 0.05) is 38.4 Å². The lowest BCUT2D eigenvalue weighted by atomic mass is 10.1. The van der Waals surface area contributed by atoms with Gasteiger partial charge in [-0.15, -0.1) is 10.2 Å². The summed E-state index contributed by atoms with van der Waals surface area (Å²) in [5.41, 5.74) is 2.04. The molecule has 0 radical (unpaired) electrons. The maximum atomic E-state index is 12.7. The molecule has 0 aliphatic carbocycles. The third-order valence-corrected chi connectivity index (χ3v) is 5.33. The Hall–Kier alpha value is -3.62. The number of carbonyl (C=O) groups excluding carboxylic acids is 1. The van der Waals surface area contributed by atoms with Crippen LogP contribution in [0, 0.1) is 0 Å². The number of pyridine rings is 1. The highest BCUT2D eigenvalue weighted by Crippen LogP contribution is 2.17. The summed E-state index contributed by atoms with van der Waals surface area (Å²) >= 11 is 0. The standard InChI is InChI=1S/C22H25N7O2/c1-16(2)19-13-21(30)29(15-24-19)14-22(31)28-11-9-27(10-12-28)20-7-6-18(25-26-20)17-5-3-4-8-23-17/h3-8,13,15-16H,9-12,14H2,1-2H3. The van der Waals surface area contributed by atoms with Crippen molar-refractivity contribution < 1.29 is 4.79 Å². The molecule has 9 heteroatoms. The van der Waals surface area contributed by atoms with Gasteiger partial charge in [-0.1, -0.05) is 19.9 Å². The molecule has 1 aliphatic heterocycles. The zero-order chi connectivity index (χ0) is 21.8. The first kappa shape index (κ1) is 20.6. The van der Waals surface area contributed by atoms with Gasteiger partial charge in [0.15, 0.2) is 5.82 Å². The fourth-order valence-electron chi connectivity index (χ4n) is 3.45. The van der Waals surface area contributed by atoms with Gasteiger partial charge in [0.25, 0.3) is 5.56 Å². The van der Waals surface area contributed by atoms with E-state index < -0.39 is 0 Å². The minimum absolute atomic E-state index is 0.00276. The molecule has 31 heavy (non-hydrogen) atoms. The van der Waals surface area contributed by atoms with Gasteiger partial charge >= 0.3 is 0 Å². The van der Waals surface area contributed by atoms with Gasteiger partial charge in [0.05, 0.1) is 17.7 Å². The molecular weight excluding hydrogens is 394 g/mol.